The first kappa shape index (κ1) is 21.3. The van der Waals surface area contributed by atoms with E-state index in [0.29, 0.717) is 18.1 Å². The molecule has 5 rings (SSSR count). The number of benzene rings is 3. The quantitative estimate of drug-likeness (QED) is 0.350. The van der Waals surface area contributed by atoms with Crippen molar-refractivity contribution in [2.75, 3.05) is 18.6 Å². The number of anilines is 1. The highest BCUT2D eigenvalue weighted by Crippen LogP contribution is 2.47. The summed E-state index contributed by atoms with van der Waals surface area (Å²) in [5.41, 5.74) is 4.64. The first-order valence-corrected chi connectivity index (χ1v) is 11.4. The van der Waals surface area contributed by atoms with Crippen LogP contribution in [0.4, 0.5) is 5.69 Å². The minimum absolute atomic E-state index is 0.132. The van der Waals surface area contributed by atoms with Crippen LogP contribution in [0, 0.1) is 0 Å². The molecular formula is C26H22BrN3O3. The lowest BCUT2D eigenvalue weighted by atomic mass is 9.95. The van der Waals surface area contributed by atoms with Gasteiger partial charge in [0, 0.05) is 26.9 Å². The Morgan fingerprint density at radius 2 is 1.76 bits per heavy atom. The molecule has 4 aromatic rings. The minimum atomic E-state index is -0.398. The summed E-state index contributed by atoms with van der Waals surface area (Å²) in [5, 5.41) is 7.55. The van der Waals surface area contributed by atoms with E-state index in [0.717, 1.165) is 38.3 Å². The molecule has 0 radical (unpaired) electrons. The molecule has 0 aliphatic carbocycles. The second kappa shape index (κ2) is 8.75. The van der Waals surface area contributed by atoms with Crippen molar-refractivity contribution in [3.63, 3.8) is 0 Å². The van der Waals surface area contributed by atoms with E-state index in [-0.39, 0.29) is 5.91 Å². The molecule has 166 valence electrons. The molecule has 33 heavy (non-hydrogen) atoms. The smallest absolute Gasteiger partial charge is 0.277 e. The van der Waals surface area contributed by atoms with Gasteiger partial charge in [-0.15, -0.1) is 0 Å². The van der Waals surface area contributed by atoms with E-state index in [2.05, 4.69) is 26.1 Å². The van der Waals surface area contributed by atoms with Crippen molar-refractivity contribution in [1.82, 2.24) is 10.2 Å². The highest BCUT2D eigenvalue weighted by atomic mass is 79.9. The third-order valence-corrected chi connectivity index (χ3v) is 6.27. The Labute approximate surface area is 200 Å². The van der Waals surface area contributed by atoms with Crippen LogP contribution in [0.1, 0.15) is 34.6 Å². The Balaban J connectivity index is 1.69. The minimum Gasteiger partial charge on any atom is -0.496 e. The molecule has 6 nitrogen and oxygen atoms in total. The standard InChI is InChI=1S/C26H22BrN3O3/c1-3-33-19-14-8-16(9-15-19)23-22-24(29-28-23)26(31)30(18-12-10-17(27)11-13-18)25(22)20-6-4-5-7-21(20)32-2/h4-15,25H,3H2,1-2H3,(H,28,29)/t25-/m1/s1. The van der Waals surface area contributed by atoms with E-state index in [1.165, 1.54) is 0 Å². The number of nitrogens with zero attached hydrogens (tertiary/aromatic N) is 2. The van der Waals surface area contributed by atoms with Gasteiger partial charge >= 0.3 is 0 Å². The van der Waals surface area contributed by atoms with Gasteiger partial charge in [-0.3, -0.25) is 14.8 Å². The first-order chi connectivity index (χ1) is 16.1. The summed E-state index contributed by atoms with van der Waals surface area (Å²) in [6.07, 6.45) is 0. The lowest BCUT2D eigenvalue weighted by Crippen LogP contribution is -2.29. The highest BCUT2D eigenvalue weighted by Gasteiger charge is 2.44. The maximum Gasteiger partial charge on any atom is 0.277 e. The van der Waals surface area contributed by atoms with E-state index in [4.69, 9.17) is 9.47 Å². The number of aromatic nitrogens is 2. The van der Waals surface area contributed by atoms with Crippen LogP contribution in [0.15, 0.2) is 77.3 Å². The average Bonchev–Trinajstić information content (AvgIpc) is 3.39. The molecule has 0 unspecified atom stereocenters. The van der Waals surface area contributed by atoms with E-state index in [9.17, 15) is 4.79 Å². The maximum atomic E-state index is 13.6. The van der Waals surface area contributed by atoms with Gasteiger partial charge < -0.3 is 9.47 Å². The fourth-order valence-electron chi connectivity index (χ4n) is 4.30. The first-order valence-electron chi connectivity index (χ1n) is 10.7. The van der Waals surface area contributed by atoms with Crippen molar-refractivity contribution >= 4 is 27.5 Å². The molecule has 2 heterocycles. The molecule has 1 aliphatic rings. The number of carbonyl (C=O) groups excluding carboxylic acids is 1. The number of ether oxygens (including phenoxy) is 2. The van der Waals surface area contributed by atoms with Crippen LogP contribution in [0.2, 0.25) is 0 Å². The number of para-hydroxylation sites is 1. The predicted octanol–water partition coefficient (Wildman–Crippen LogP) is 6.00. The van der Waals surface area contributed by atoms with Crippen molar-refractivity contribution in [3.05, 3.63) is 94.1 Å². The maximum absolute atomic E-state index is 13.6. The number of halogens is 1. The Hall–Kier alpha value is -3.58. The number of rotatable bonds is 6. The summed E-state index contributed by atoms with van der Waals surface area (Å²) >= 11 is 3.48. The zero-order valence-corrected chi connectivity index (χ0v) is 19.8. The normalized spacial score (nSPS) is 14.9. The van der Waals surface area contributed by atoms with Gasteiger partial charge in [0.2, 0.25) is 0 Å². The Morgan fingerprint density at radius 3 is 2.45 bits per heavy atom. The van der Waals surface area contributed by atoms with Gasteiger partial charge in [-0.2, -0.15) is 5.10 Å². The summed E-state index contributed by atoms with van der Waals surface area (Å²) in [7, 11) is 1.64. The van der Waals surface area contributed by atoms with E-state index < -0.39 is 6.04 Å². The zero-order valence-electron chi connectivity index (χ0n) is 18.2. The Bertz CT molecular complexity index is 1300. The number of aromatic amines is 1. The van der Waals surface area contributed by atoms with Crippen LogP contribution in [0.25, 0.3) is 11.3 Å². The van der Waals surface area contributed by atoms with Crippen molar-refractivity contribution in [2.45, 2.75) is 13.0 Å². The highest BCUT2D eigenvalue weighted by molar-refractivity contribution is 9.10. The van der Waals surface area contributed by atoms with Gasteiger partial charge in [0.05, 0.1) is 25.5 Å². The molecular weight excluding hydrogens is 482 g/mol. The number of hydrogen-bond acceptors (Lipinski definition) is 4. The Morgan fingerprint density at radius 1 is 1.03 bits per heavy atom. The van der Waals surface area contributed by atoms with Crippen molar-refractivity contribution in [1.29, 1.82) is 0 Å². The zero-order chi connectivity index (χ0) is 22.9. The van der Waals surface area contributed by atoms with Crippen LogP contribution in [0.3, 0.4) is 0 Å². The number of fused-ring (bicyclic) bond motifs is 1. The fraction of sp³-hybridized carbons (Fsp3) is 0.154. The van der Waals surface area contributed by atoms with Crippen LogP contribution in [-0.4, -0.2) is 29.8 Å². The number of H-pyrrole nitrogens is 1. The van der Waals surface area contributed by atoms with Crippen LogP contribution < -0.4 is 14.4 Å². The third-order valence-electron chi connectivity index (χ3n) is 5.75. The summed E-state index contributed by atoms with van der Waals surface area (Å²) in [5.74, 6) is 1.37. The number of carbonyl (C=O) groups is 1. The van der Waals surface area contributed by atoms with Crippen LogP contribution in [0.5, 0.6) is 11.5 Å². The molecule has 1 atom stereocenters. The molecule has 1 N–H and O–H groups in total. The van der Waals surface area contributed by atoms with Crippen LogP contribution in [-0.2, 0) is 0 Å². The fourth-order valence-corrected chi connectivity index (χ4v) is 4.56. The number of nitrogens with one attached hydrogen (secondary N) is 1. The molecule has 1 aromatic heterocycles. The second-order valence-corrected chi connectivity index (χ2v) is 8.53. The molecule has 1 aliphatic heterocycles. The SMILES string of the molecule is CCOc1ccc(-c2n[nH]c3c2[C@@H](c2ccccc2OC)N(c2ccc(Br)cc2)C3=O)cc1. The summed E-state index contributed by atoms with van der Waals surface area (Å²) in [6, 6.07) is 22.9. The third kappa shape index (κ3) is 3.68. The molecule has 0 bridgehead atoms. The van der Waals surface area contributed by atoms with E-state index >= 15 is 0 Å². The predicted molar refractivity (Wildman–Crippen MR) is 131 cm³/mol. The van der Waals surface area contributed by atoms with Gasteiger partial charge in [-0.1, -0.05) is 34.1 Å². The van der Waals surface area contributed by atoms with Gasteiger partial charge in [0.25, 0.3) is 5.91 Å². The van der Waals surface area contributed by atoms with Gasteiger partial charge in [-0.05, 0) is 61.5 Å². The average molecular weight is 504 g/mol. The molecule has 0 fully saturated rings. The molecule has 0 spiro atoms. The lowest BCUT2D eigenvalue weighted by Gasteiger charge is -2.27. The second-order valence-electron chi connectivity index (χ2n) is 7.61. The molecule has 7 heteroatoms. The summed E-state index contributed by atoms with van der Waals surface area (Å²) in [6.45, 7) is 2.55. The topological polar surface area (TPSA) is 67.5 Å². The van der Waals surface area contributed by atoms with E-state index in [1.54, 1.807) is 12.0 Å². The van der Waals surface area contributed by atoms with E-state index in [1.807, 2.05) is 79.7 Å². The monoisotopic (exact) mass is 503 g/mol. The molecule has 3 aromatic carbocycles. The van der Waals surface area contributed by atoms with Crippen molar-refractivity contribution in [3.8, 4) is 22.8 Å². The molecule has 1 amide bonds. The lowest BCUT2D eigenvalue weighted by molar-refractivity contribution is 0.0988. The number of methoxy groups -OCH3 is 1. The number of amides is 1. The summed E-state index contributed by atoms with van der Waals surface area (Å²) < 4.78 is 12.2. The van der Waals surface area contributed by atoms with Crippen molar-refractivity contribution in [2.24, 2.45) is 0 Å². The molecule has 0 saturated carbocycles. The van der Waals surface area contributed by atoms with Crippen molar-refractivity contribution < 1.29 is 14.3 Å². The van der Waals surface area contributed by atoms with Crippen LogP contribution >= 0.6 is 15.9 Å². The largest absolute Gasteiger partial charge is 0.496 e. The van der Waals surface area contributed by atoms with Gasteiger partial charge in [-0.25, -0.2) is 0 Å². The molecule has 0 saturated heterocycles. The Kier molecular flexibility index (Phi) is 5.64. The van der Waals surface area contributed by atoms with Gasteiger partial charge in [0.1, 0.15) is 17.2 Å². The van der Waals surface area contributed by atoms with Gasteiger partial charge in [0.15, 0.2) is 0 Å². The number of hydrogen-bond donors (Lipinski definition) is 1. The summed E-state index contributed by atoms with van der Waals surface area (Å²) in [4.78, 5) is 15.4.